The van der Waals surface area contributed by atoms with Crippen LogP contribution in [0.5, 0.6) is 0 Å². The Kier molecular flexibility index (Phi) is 6.03. The molecule has 0 aliphatic carbocycles. The second kappa shape index (κ2) is 8.26. The van der Waals surface area contributed by atoms with E-state index in [1.807, 2.05) is 29.8 Å². The van der Waals surface area contributed by atoms with Crippen molar-refractivity contribution in [3.63, 3.8) is 0 Å². The maximum atomic E-state index is 13.2. The summed E-state index contributed by atoms with van der Waals surface area (Å²) in [5, 5.41) is 4.63. The van der Waals surface area contributed by atoms with Gasteiger partial charge in [0.1, 0.15) is 5.82 Å². The van der Waals surface area contributed by atoms with Crippen molar-refractivity contribution in [2.45, 2.75) is 13.2 Å². The minimum absolute atomic E-state index is 0.277. The van der Waals surface area contributed by atoms with E-state index in [1.54, 1.807) is 28.2 Å². The van der Waals surface area contributed by atoms with Gasteiger partial charge in [0, 0.05) is 30.6 Å². The molecule has 0 saturated carbocycles. The fourth-order valence-electron chi connectivity index (χ4n) is 2.63. The fraction of sp³-hybridized carbons (Fsp3) is 0.222. The SMILES string of the molecule is C=CCN(Cc1ccc(Cl)s1)Cn1nc(-c2ccc(F)cc2)n(C)c1=S. The Morgan fingerprint density at radius 1 is 1.31 bits per heavy atom. The third-order valence-corrected chi connectivity index (χ3v) is 5.57. The summed E-state index contributed by atoms with van der Waals surface area (Å²) in [5.74, 6) is 0.425. The fourth-order valence-corrected chi connectivity index (χ4v) is 3.95. The first-order valence-corrected chi connectivity index (χ1v) is 9.55. The Balaban J connectivity index is 1.85. The maximum absolute atomic E-state index is 13.2. The molecule has 2 aromatic heterocycles. The van der Waals surface area contributed by atoms with Crippen LogP contribution < -0.4 is 0 Å². The zero-order valence-electron chi connectivity index (χ0n) is 14.2. The van der Waals surface area contributed by atoms with E-state index in [1.165, 1.54) is 12.1 Å². The molecule has 1 aromatic carbocycles. The molecule has 0 atom stereocenters. The van der Waals surface area contributed by atoms with E-state index in [9.17, 15) is 4.39 Å². The lowest BCUT2D eigenvalue weighted by Gasteiger charge is -2.19. The molecule has 4 nitrogen and oxygen atoms in total. The number of rotatable bonds is 7. The highest BCUT2D eigenvalue weighted by Crippen LogP contribution is 2.23. The molecule has 8 heteroatoms. The molecule has 0 fully saturated rings. The van der Waals surface area contributed by atoms with Crippen LogP contribution in [0.3, 0.4) is 0 Å². The van der Waals surface area contributed by atoms with Gasteiger partial charge in [0.05, 0.1) is 11.0 Å². The summed E-state index contributed by atoms with van der Waals surface area (Å²) < 4.78 is 18.1. The van der Waals surface area contributed by atoms with Crippen molar-refractivity contribution in [1.82, 2.24) is 19.2 Å². The summed E-state index contributed by atoms with van der Waals surface area (Å²) in [6.45, 7) is 5.78. The molecule has 3 aromatic rings. The third-order valence-electron chi connectivity index (χ3n) is 3.87. The van der Waals surface area contributed by atoms with Crippen molar-refractivity contribution in [2.75, 3.05) is 6.54 Å². The molecule has 26 heavy (non-hydrogen) atoms. The molecule has 0 spiro atoms. The second-order valence-electron chi connectivity index (χ2n) is 5.82. The molecule has 0 N–H and O–H groups in total. The smallest absolute Gasteiger partial charge is 0.199 e. The number of hydrogen-bond donors (Lipinski definition) is 0. The standard InChI is InChI=1S/C18H18ClFN4S2/c1-3-10-23(11-15-8-9-16(19)26-15)12-24-18(25)22(2)17(21-24)13-4-6-14(20)7-5-13/h3-9H,1,10-12H2,2H3. The van der Waals surface area contributed by atoms with Gasteiger partial charge < -0.3 is 4.57 Å². The van der Waals surface area contributed by atoms with Gasteiger partial charge in [0.25, 0.3) is 0 Å². The predicted molar refractivity (Wildman–Crippen MR) is 107 cm³/mol. The average molecular weight is 409 g/mol. The van der Waals surface area contributed by atoms with Gasteiger partial charge in [-0.05, 0) is 48.6 Å². The highest BCUT2D eigenvalue weighted by Gasteiger charge is 2.13. The summed E-state index contributed by atoms with van der Waals surface area (Å²) in [7, 11) is 1.86. The van der Waals surface area contributed by atoms with E-state index in [4.69, 9.17) is 23.8 Å². The lowest BCUT2D eigenvalue weighted by atomic mass is 10.2. The number of nitrogens with zero attached hydrogens (tertiary/aromatic N) is 4. The molecular formula is C18H18ClFN4S2. The number of aromatic nitrogens is 3. The Morgan fingerprint density at radius 2 is 2.04 bits per heavy atom. The van der Waals surface area contributed by atoms with Crippen molar-refractivity contribution in [3.8, 4) is 11.4 Å². The van der Waals surface area contributed by atoms with Crippen LogP contribution in [0.15, 0.2) is 49.1 Å². The van der Waals surface area contributed by atoms with Crippen LogP contribution in [0.25, 0.3) is 11.4 Å². The van der Waals surface area contributed by atoms with Gasteiger partial charge >= 0.3 is 0 Å². The molecule has 0 unspecified atom stereocenters. The van der Waals surface area contributed by atoms with Crippen molar-refractivity contribution < 1.29 is 4.39 Å². The van der Waals surface area contributed by atoms with Crippen LogP contribution in [0.2, 0.25) is 4.34 Å². The molecular weight excluding hydrogens is 391 g/mol. The normalized spacial score (nSPS) is 11.2. The second-order valence-corrected chi connectivity index (χ2v) is 7.98. The van der Waals surface area contributed by atoms with Gasteiger partial charge in [-0.2, -0.15) is 5.10 Å². The highest BCUT2D eigenvalue weighted by molar-refractivity contribution is 7.71. The molecule has 0 amide bonds. The Morgan fingerprint density at radius 3 is 2.65 bits per heavy atom. The lowest BCUT2D eigenvalue weighted by molar-refractivity contribution is 0.220. The number of benzene rings is 1. The molecule has 0 bridgehead atoms. The molecule has 0 aliphatic rings. The van der Waals surface area contributed by atoms with Crippen LogP contribution in [0.4, 0.5) is 4.39 Å². The molecule has 136 valence electrons. The summed E-state index contributed by atoms with van der Waals surface area (Å²) in [6, 6.07) is 10.2. The van der Waals surface area contributed by atoms with E-state index < -0.39 is 0 Å². The number of halogens is 2. The van der Waals surface area contributed by atoms with Crippen molar-refractivity contribution in [2.24, 2.45) is 7.05 Å². The molecule has 2 heterocycles. The quantitative estimate of drug-likeness (QED) is 0.401. The van der Waals surface area contributed by atoms with Crippen molar-refractivity contribution in [1.29, 1.82) is 0 Å². The van der Waals surface area contributed by atoms with Gasteiger partial charge in [-0.3, -0.25) is 4.90 Å². The molecule has 0 radical (unpaired) electrons. The van der Waals surface area contributed by atoms with Crippen LogP contribution in [-0.2, 0) is 20.3 Å². The first-order valence-electron chi connectivity index (χ1n) is 7.95. The van der Waals surface area contributed by atoms with Crippen molar-refractivity contribution >= 4 is 35.2 Å². The largest absolute Gasteiger partial charge is 0.303 e. The summed E-state index contributed by atoms with van der Waals surface area (Å²) >= 11 is 13.1. The molecule has 3 rings (SSSR count). The van der Waals surface area contributed by atoms with E-state index in [2.05, 4.69) is 16.6 Å². The summed E-state index contributed by atoms with van der Waals surface area (Å²) in [4.78, 5) is 3.34. The summed E-state index contributed by atoms with van der Waals surface area (Å²) in [6.07, 6.45) is 1.85. The Bertz CT molecular complexity index is 958. The van der Waals surface area contributed by atoms with Gasteiger partial charge in [0.15, 0.2) is 10.6 Å². The van der Waals surface area contributed by atoms with Gasteiger partial charge in [-0.1, -0.05) is 17.7 Å². The number of hydrogen-bond acceptors (Lipinski definition) is 4. The van der Waals surface area contributed by atoms with E-state index in [0.717, 1.165) is 21.3 Å². The van der Waals surface area contributed by atoms with Gasteiger partial charge in [-0.15, -0.1) is 17.9 Å². The highest BCUT2D eigenvalue weighted by atomic mass is 35.5. The molecule has 0 aliphatic heterocycles. The van der Waals surface area contributed by atoms with Crippen molar-refractivity contribution in [3.05, 3.63) is 68.9 Å². The van der Waals surface area contributed by atoms with Crippen LogP contribution >= 0.6 is 35.2 Å². The topological polar surface area (TPSA) is 26.0 Å². The van der Waals surface area contributed by atoms with E-state index in [-0.39, 0.29) is 5.82 Å². The first-order chi connectivity index (χ1) is 12.5. The van der Waals surface area contributed by atoms with Gasteiger partial charge in [0.2, 0.25) is 0 Å². The minimum Gasteiger partial charge on any atom is -0.303 e. The predicted octanol–water partition coefficient (Wildman–Crippen LogP) is 5.12. The third kappa shape index (κ3) is 4.29. The van der Waals surface area contributed by atoms with E-state index in [0.29, 0.717) is 23.8 Å². The Hall–Kier alpha value is -1.80. The number of thiophene rings is 1. The zero-order valence-corrected chi connectivity index (χ0v) is 16.6. The molecule has 0 saturated heterocycles. The minimum atomic E-state index is -0.277. The van der Waals surface area contributed by atoms with Crippen LogP contribution in [0.1, 0.15) is 4.88 Å². The Labute approximate surface area is 165 Å². The summed E-state index contributed by atoms with van der Waals surface area (Å²) in [5.41, 5.74) is 0.819. The monoisotopic (exact) mass is 408 g/mol. The maximum Gasteiger partial charge on any atom is 0.199 e. The first kappa shape index (κ1) is 19.0. The van der Waals surface area contributed by atoms with Gasteiger partial charge in [-0.25, -0.2) is 9.07 Å². The van der Waals surface area contributed by atoms with E-state index >= 15 is 0 Å². The van der Waals surface area contributed by atoms with Crippen LogP contribution in [0, 0.1) is 10.6 Å². The lowest BCUT2D eigenvalue weighted by Crippen LogP contribution is -2.26. The van der Waals surface area contributed by atoms with Crippen LogP contribution in [-0.4, -0.2) is 25.8 Å². The zero-order chi connectivity index (χ0) is 18.7. The average Bonchev–Trinajstić information content (AvgIpc) is 3.14.